The van der Waals surface area contributed by atoms with Crippen LogP contribution in [0.25, 0.3) is 30.7 Å². The van der Waals surface area contributed by atoms with Gasteiger partial charge >= 0.3 is 0 Å². The van der Waals surface area contributed by atoms with Crippen molar-refractivity contribution in [3.63, 3.8) is 0 Å². The molecule has 20 heavy (non-hydrogen) atoms. The summed E-state index contributed by atoms with van der Waals surface area (Å²) in [4.78, 5) is 0. The Hall–Kier alpha value is -1.71. The summed E-state index contributed by atoms with van der Waals surface area (Å²) in [6, 6.07) is 13.1. The van der Waals surface area contributed by atoms with E-state index >= 15 is 0 Å². The predicted octanol–water partition coefficient (Wildman–Crippen LogP) is 4.92. The van der Waals surface area contributed by atoms with Gasteiger partial charge in [-0.1, -0.05) is 18.2 Å². The minimum Gasteiger partial charge on any atom is -0.200 e. The number of thiophene rings is 2. The van der Waals surface area contributed by atoms with Gasteiger partial charge in [-0.3, -0.25) is 0 Å². The lowest BCUT2D eigenvalue weighted by Gasteiger charge is -2.04. The van der Waals surface area contributed by atoms with Crippen LogP contribution < -0.4 is 4.57 Å². The smallest absolute Gasteiger partial charge is 0.200 e. The SMILES string of the molecule is Cc1ccccc1-c1cc2sc3sccc3c2c[n+]1C. The standard InChI is InChI=1S/C17H14NS2/c1-11-5-3-4-6-12(11)15-9-16-14(10-18(15)2)13-7-8-19-17(13)20-16/h3-10H,1-2H3/q+1. The highest BCUT2D eigenvalue weighted by Crippen LogP contribution is 2.37. The highest BCUT2D eigenvalue weighted by Gasteiger charge is 2.16. The summed E-state index contributed by atoms with van der Waals surface area (Å²) < 4.78 is 5.04. The molecule has 0 amide bonds. The van der Waals surface area contributed by atoms with Crippen molar-refractivity contribution >= 4 is 42.2 Å². The second kappa shape index (κ2) is 4.40. The number of nitrogens with zero attached hydrogens (tertiary/aromatic N) is 1. The molecule has 3 aromatic heterocycles. The molecule has 1 aromatic carbocycles. The van der Waals surface area contributed by atoms with Crippen molar-refractivity contribution in [2.24, 2.45) is 7.05 Å². The molecule has 4 aromatic rings. The van der Waals surface area contributed by atoms with Crippen molar-refractivity contribution in [3.05, 3.63) is 53.5 Å². The van der Waals surface area contributed by atoms with Crippen LogP contribution in [0.2, 0.25) is 0 Å². The Kier molecular flexibility index (Phi) is 2.65. The van der Waals surface area contributed by atoms with E-state index in [-0.39, 0.29) is 0 Å². The third-order valence-corrected chi connectivity index (χ3v) is 5.99. The zero-order valence-corrected chi connectivity index (χ0v) is 13.0. The molecular formula is C17H14NS2+. The zero-order chi connectivity index (χ0) is 13.7. The Morgan fingerprint density at radius 1 is 1.05 bits per heavy atom. The maximum atomic E-state index is 2.33. The van der Waals surface area contributed by atoms with E-state index in [1.165, 1.54) is 36.3 Å². The van der Waals surface area contributed by atoms with Gasteiger partial charge in [0.2, 0.25) is 5.69 Å². The van der Waals surface area contributed by atoms with Crippen LogP contribution in [-0.2, 0) is 7.05 Å². The fraction of sp³-hybridized carbons (Fsp3) is 0.118. The van der Waals surface area contributed by atoms with Gasteiger partial charge < -0.3 is 0 Å². The first kappa shape index (κ1) is 12.1. The third kappa shape index (κ3) is 1.70. The number of hydrogen-bond donors (Lipinski definition) is 0. The van der Waals surface area contributed by atoms with Crippen molar-refractivity contribution in [3.8, 4) is 11.3 Å². The first-order chi connectivity index (χ1) is 9.74. The maximum Gasteiger partial charge on any atom is 0.213 e. The number of benzene rings is 1. The van der Waals surface area contributed by atoms with Crippen molar-refractivity contribution in [1.82, 2.24) is 0 Å². The van der Waals surface area contributed by atoms with Gasteiger partial charge in [0.25, 0.3) is 0 Å². The average Bonchev–Trinajstić information content (AvgIpc) is 3.00. The Bertz CT molecular complexity index is 931. The lowest BCUT2D eigenvalue weighted by Crippen LogP contribution is -2.30. The van der Waals surface area contributed by atoms with E-state index in [1.54, 1.807) is 0 Å². The van der Waals surface area contributed by atoms with Gasteiger partial charge in [-0.15, -0.1) is 22.7 Å². The Morgan fingerprint density at radius 3 is 2.75 bits per heavy atom. The molecule has 3 heteroatoms. The quantitative estimate of drug-likeness (QED) is 0.439. The molecule has 0 bridgehead atoms. The summed E-state index contributed by atoms with van der Waals surface area (Å²) >= 11 is 3.73. The monoisotopic (exact) mass is 296 g/mol. The van der Waals surface area contributed by atoms with Gasteiger partial charge in [0.05, 0.1) is 9.40 Å². The van der Waals surface area contributed by atoms with E-state index in [4.69, 9.17) is 0 Å². The third-order valence-electron chi connectivity index (χ3n) is 3.78. The molecule has 0 spiro atoms. The summed E-state index contributed by atoms with van der Waals surface area (Å²) in [5.41, 5.74) is 3.92. The first-order valence-electron chi connectivity index (χ1n) is 6.59. The molecule has 1 nitrogen and oxygen atoms in total. The molecule has 0 atom stereocenters. The van der Waals surface area contributed by atoms with E-state index < -0.39 is 0 Å². The lowest BCUT2D eigenvalue weighted by molar-refractivity contribution is -0.659. The molecule has 4 rings (SSSR count). The minimum atomic E-state index is 1.28. The number of aromatic nitrogens is 1. The second-order valence-corrected chi connectivity index (χ2v) is 7.31. The number of fused-ring (bicyclic) bond motifs is 3. The number of hydrogen-bond acceptors (Lipinski definition) is 2. The summed E-state index contributed by atoms with van der Waals surface area (Å²) in [6.45, 7) is 2.17. The normalized spacial score (nSPS) is 11.5. The maximum absolute atomic E-state index is 2.33. The molecule has 0 saturated carbocycles. The Morgan fingerprint density at radius 2 is 1.90 bits per heavy atom. The van der Waals surface area contributed by atoms with Gasteiger partial charge in [0.15, 0.2) is 6.20 Å². The molecule has 98 valence electrons. The fourth-order valence-corrected chi connectivity index (χ4v) is 4.91. The molecule has 0 unspecified atom stereocenters. The van der Waals surface area contributed by atoms with E-state index in [0.717, 1.165) is 0 Å². The number of aryl methyl sites for hydroxylation is 2. The van der Waals surface area contributed by atoms with Crippen LogP contribution in [0.3, 0.4) is 0 Å². The molecular weight excluding hydrogens is 282 g/mol. The second-order valence-electron chi connectivity index (χ2n) is 5.09. The average molecular weight is 296 g/mol. The molecule has 0 aliphatic carbocycles. The zero-order valence-electron chi connectivity index (χ0n) is 11.4. The van der Waals surface area contributed by atoms with E-state index in [2.05, 4.69) is 66.5 Å². The molecule has 0 aliphatic rings. The largest absolute Gasteiger partial charge is 0.213 e. The van der Waals surface area contributed by atoms with Crippen LogP contribution in [0.4, 0.5) is 0 Å². The lowest BCUT2D eigenvalue weighted by atomic mass is 10.0. The topological polar surface area (TPSA) is 3.88 Å². The summed E-state index contributed by atoms with van der Waals surface area (Å²) in [5.74, 6) is 0. The number of rotatable bonds is 1. The highest BCUT2D eigenvalue weighted by atomic mass is 32.2. The minimum absolute atomic E-state index is 1.28. The van der Waals surface area contributed by atoms with Crippen LogP contribution in [0.1, 0.15) is 5.56 Å². The molecule has 0 fully saturated rings. The summed E-state index contributed by atoms with van der Waals surface area (Å²) in [6.07, 6.45) is 2.27. The molecule has 0 saturated heterocycles. The Labute approximate surface area is 125 Å². The van der Waals surface area contributed by atoms with Gasteiger partial charge in [-0.25, -0.2) is 4.57 Å². The molecule has 0 N–H and O–H groups in total. The first-order valence-corrected chi connectivity index (χ1v) is 8.29. The fourth-order valence-electron chi connectivity index (χ4n) is 2.72. The molecule has 0 aliphatic heterocycles. The molecule has 0 radical (unpaired) electrons. The van der Waals surface area contributed by atoms with E-state index in [9.17, 15) is 0 Å². The Balaban J connectivity index is 2.05. The van der Waals surface area contributed by atoms with Gasteiger partial charge in [-0.2, -0.15) is 0 Å². The van der Waals surface area contributed by atoms with Crippen molar-refractivity contribution in [2.75, 3.05) is 0 Å². The van der Waals surface area contributed by atoms with E-state index in [1.807, 2.05) is 22.7 Å². The van der Waals surface area contributed by atoms with Gasteiger partial charge in [0.1, 0.15) is 7.05 Å². The van der Waals surface area contributed by atoms with Crippen molar-refractivity contribution < 1.29 is 4.57 Å². The molecule has 3 heterocycles. The van der Waals surface area contributed by atoms with Crippen LogP contribution in [-0.4, -0.2) is 0 Å². The van der Waals surface area contributed by atoms with Crippen LogP contribution in [0, 0.1) is 6.92 Å². The van der Waals surface area contributed by atoms with Gasteiger partial charge in [0, 0.05) is 21.7 Å². The predicted molar refractivity (Wildman–Crippen MR) is 88.6 cm³/mol. The van der Waals surface area contributed by atoms with E-state index in [0.29, 0.717) is 0 Å². The number of pyridine rings is 1. The summed E-state index contributed by atoms with van der Waals surface area (Å²) in [5, 5.41) is 4.93. The summed E-state index contributed by atoms with van der Waals surface area (Å²) in [7, 11) is 2.14. The van der Waals surface area contributed by atoms with Crippen LogP contribution in [0.5, 0.6) is 0 Å². The van der Waals surface area contributed by atoms with Crippen molar-refractivity contribution in [1.29, 1.82) is 0 Å². The highest BCUT2D eigenvalue weighted by molar-refractivity contribution is 7.41. The van der Waals surface area contributed by atoms with Gasteiger partial charge in [-0.05, 0) is 30.0 Å². The van der Waals surface area contributed by atoms with Crippen molar-refractivity contribution in [2.45, 2.75) is 6.92 Å². The van der Waals surface area contributed by atoms with Crippen LogP contribution in [0.15, 0.2) is 48.0 Å². The van der Waals surface area contributed by atoms with Crippen LogP contribution >= 0.6 is 22.7 Å².